The van der Waals surface area contributed by atoms with Crippen molar-refractivity contribution >= 4 is 45.4 Å². The number of ether oxygens (including phenoxy) is 1. The van der Waals surface area contributed by atoms with E-state index < -0.39 is 0 Å². The van der Waals surface area contributed by atoms with Gasteiger partial charge in [0.15, 0.2) is 5.13 Å². The van der Waals surface area contributed by atoms with Gasteiger partial charge in [0.1, 0.15) is 23.5 Å². The highest BCUT2D eigenvalue weighted by molar-refractivity contribution is 7.98. The summed E-state index contributed by atoms with van der Waals surface area (Å²) in [6, 6.07) is 9.33. The largest absolute Gasteiger partial charge is 0.475 e. The quantitative estimate of drug-likeness (QED) is 0.211. The number of aliphatic hydroxyl groups is 1. The van der Waals surface area contributed by atoms with Crippen LogP contribution in [0.4, 0.5) is 22.3 Å². The van der Waals surface area contributed by atoms with E-state index in [4.69, 9.17) is 22.1 Å². The summed E-state index contributed by atoms with van der Waals surface area (Å²) >= 11 is 2.78. The molecule has 0 unspecified atom stereocenters. The van der Waals surface area contributed by atoms with E-state index in [1.54, 1.807) is 18.3 Å². The van der Waals surface area contributed by atoms with E-state index in [9.17, 15) is 5.26 Å². The molecule has 0 spiro atoms. The van der Waals surface area contributed by atoms with Crippen LogP contribution in [-0.4, -0.2) is 38.3 Å². The fraction of sp³-hybridized carbons (Fsp3) is 0.167. The molecule has 4 aromatic rings. The van der Waals surface area contributed by atoms with Gasteiger partial charge in [-0.2, -0.15) is 5.26 Å². The van der Waals surface area contributed by atoms with Crippen LogP contribution in [0.2, 0.25) is 0 Å². The second-order valence-electron chi connectivity index (χ2n) is 7.33. The number of hydrogen-bond acceptors (Lipinski definition) is 11. The van der Waals surface area contributed by atoms with Crippen molar-refractivity contribution in [2.45, 2.75) is 17.7 Å². The molecule has 0 aliphatic carbocycles. The number of pyridine rings is 3. The van der Waals surface area contributed by atoms with Crippen LogP contribution in [0, 0.1) is 24.8 Å². The third-order valence-corrected chi connectivity index (χ3v) is 6.64. The number of rotatable bonds is 9. The highest BCUT2D eigenvalue weighted by Crippen LogP contribution is 2.41. The van der Waals surface area contributed by atoms with Gasteiger partial charge in [-0.3, -0.25) is 4.98 Å². The molecule has 0 radical (unpaired) electrons. The number of nitrogens with two attached hydrogens (primary N) is 1. The van der Waals surface area contributed by atoms with E-state index in [-0.39, 0.29) is 30.3 Å². The lowest BCUT2D eigenvalue weighted by Gasteiger charge is -2.13. The van der Waals surface area contributed by atoms with Crippen molar-refractivity contribution in [2.75, 3.05) is 24.3 Å². The Hall–Kier alpha value is -4.23. The summed E-state index contributed by atoms with van der Waals surface area (Å²) in [5, 5.41) is 25.2. The van der Waals surface area contributed by atoms with Gasteiger partial charge in [-0.25, -0.2) is 19.8 Å². The lowest BCUT2D eigenvalue weighted by atomic mass is 10.0. The predicted molar refractivity (Wildman–Crippen MR) is 139 cm³/mol. The first-order valence-electron chi connectivity index (χ1n) is 10.6. The number of nitriles is 1. The van der Waals surface area contributed by atoms with Gasteiger partial charge in [0.25, 0.3) is 0 Å². The third-order valence-electron chi connectivity index (χ3n) is 4.83. The van der Waals surface area contributed by atoms with E-state index in [0.29, 0.717) is 27.8 Å². The third kappa shape index (κ3) is 5.70. The summed E-state index contributed by atoms with van der Waals surface area (Å²) in [6.45, 7) is 9.49. The van der Waals surface area contributed by atoms with Crippen LogP contribution in [-0.2, 0) is 5.75 Å². The van der Waals surface area contributed by atoms with Gasteiger partial charge < -0.3 is 20.9 Å². The number of anilines is 3. The molecule has 0 bridgehead atoms. The predicted octanol–water partition coefficient (Wildman–Crippen LogP) is 4.72. The Labute approximate surface area is 215 Å². The number of aromatic nitrogens is 4. The Morgan fingerprint density at radius 2 is 2.11 bits per heavy atom. The maximum atomic E-state index is 9.98. The molecule has 0 aliphatic rings. The minimum atomic E-state index is -0.134. The molecular weight excluding hydrogens is 496 g/mol. The normalized spacial score (nSPS) is 10.4. The number of nitrogens with one attached hydrogen (secondary N) is 1. The molecule has 0 aromatic carbocycles. The zero-order valence-electron chi connectivity index (χ0n) is 19.1. The van der Waals surface area contributed by atoms with Crippen molar-refractivity contribution in [3.05, 3.63) is 70.4 Å². The molecule has 0 fully saturated rings. The Balaban J connectivity index is 1.57. The first kappa shape index (κ1) is 24.9. The van der Waals surface area contributed by atoms with Crippen LogP contribution in [0.3, 0.4) is 0 Å². The molecule has 4 N–H and O–H groups in total. The minimum absolute atomic E-state index is 0.0367. The number of thioether (sulfide) groups is 1. The summed E-state index contributed by atoms with van der Waals surface area (Å²) in [5.74, 6) is 0.810. The van der Waals surface area contributed by atoms with Crippen LogP contribution >= 0.6 is 23.1 Å². The first-order valence-corrected chi connectivity index (χ1v) is 12.5. The van der Waals surface area contributed by atoms with Crippen LogP contribution in [0.5, 0.6) is 5.88 Å². The van der Waals surface area contributed by atoms with Gasteiger partial charge >= 0.3 is 0 Å². The van der Waals surface area contributed by atoms with Crippen molar-refractivity contribution in [3.8, 4) is 23.1 Å². The number of nitrogens with zero attached hydrogens (tertiary/aromatic N) is 6. The molecule has 4 heterocycles. The number of hydrogen-bond donors (Lipinski definition) is 3. The molecule has 0 atom stereocenters. The van der Waals surface area contributed by atoms with Crippen molar-refractivity contribution in [1.29, 1.82) is 5.26 Å². The van der Waals surface area contributed by atoms with Gasteiger partial charge in [0.2, 0.25) is 11.6 Å². The molecule has 180 valence electrons. The van der Waals surface area contributed by atoms with Crippen LogP contribution in [0.15, 0.2) is 47.1 Å². The molecule has 4 aromatic heterocycles. The monoisotopic (exact) mass is 516 g/mol. The molecular formula is C24H20N8O2S2. The van der Waals surface area contributed by atoms with E-state index in [1.807, 2.05) is 24.4 Å². The van der Waals surface area contributed by atoms with E-state index >= 15 is 0 Å². The first-order chi connectivity index (χ1) is 17.5. The highest BCUT2D eigenvalue weighted by atomic mass is 32.2. The van der Waals surface area contributed by atoms with E-state index in [1.165, 1.54) is 29.3 Å². The molecule has 0 aliphatic heterocycles. The summed E-state index contributed by atoms with van der Waals surface area (Å²) < 4.78 is 5.30. The fourth-order valence-electron chi connectivity index (χ4n) is 3.18. The topological polar surface area (TPSA) is 147 Å². The Kier molecular flexibility index (Phi) is 7.92. The summed E-state index contributed by atoms with van der Waals surface area (Å²) in [6.07, 6.45) is 3.25. The van der Waals surface area contributed by atoms with Crippen molar-refractivity contribution in [1.82, 2.24) is 19.9 Å². The number of aryl methyl sites for hydroxylation is 1. The zero-order valence-corrected chi connectivity index (χ0v) is 20.7. The fourth-order valence-corrected chi connectivity index (χ4v) is 4.90. The number of aliphatic hydroxyl groups excluding tert-OH is 1. The summed E-state index contributed by atoms with van der Waals surface area (Å²) in [7, 11) is 0. The maximum absolute atomic E-state index is 9.98. The summed E-state index contributed by atoms with van der Waals surface area (Å²) in [4.78, 5) is 20.9. The smallest absolute Gasteiger partial charge is 0.237 e. The molecule has 0 saturated carbocycles. The number of thiazole rings is 1. The van der Waals surface area contributed by atoms with E-state index in [2.05, 4.69) is 36.2 Å². The lowest BCUT2D eigenvalue weighted by Crippen LogP contribution is -2.03. The van der Waals surface area contributed by atoms with Gasteiger partial charge in [-0.1, -0.05) is 11.8 Å². The van der Waals surface area contributed by atoms with E-state index in [0.717, 1.165) is 22.2 Å². The van der Waals surface area contributed by atoms with Crippen molar-refractivity contribution in [2.24, 2.45) is 0 Å². The molecule has 0 amide bonds. The average Bonchev–Trinajstić information content (AvgIpc) is 3.34. The Bertz CT molecular complexity index is 1440. The van der Waals surface area contributed by atoms with Gasteiger partial charge in [-0.05, 0) is 30.7 Å². The standard InChI is InChI=1S/C24H20N8O2S2/c1-14-3-5-16(11-28-14)30-24-31-17(13-36-24)12-35-23-18(9-25)20(21(27-2)22(26)32-23)15-4-6-19(29-10-15)34-8-7-33/h3-6,10-11,13,33H,7-8,12H2,1H3,(H2,26,32)(H,30,31). The molecule has 36 heavy (non-hydrogen) atoms. The molecule has 12 heteroatoms. The maximum Gasteiger partial charge on any atom is 0.237 e. The van der Waals surface area contributed by atoms with Crippen LogP contribution in [0.1, 0.15) is 17.0 Å². The Morgan fingerprint density at radius 3 is 2.78 bits per heavy atom. The second kappa shape index (κ2) is 11.5. The van der Waals surface area contributed by atoms with Crippen LogP contribution < -0.4 is 15.8 Å². The SMILES string of the molecule is [C-]#[N+]c1c(N)nc(SCc2csc(Nc3ccc(C)nc3)n2)c(C#N)c1-c1ccc(OCCO)nc1. The van der Waals surface area contributed by atoms with Gasteiger partial charge in [-0.15, -0.1) is 11.3 Å². The number of nitrogen functional groups attached to an aromatic ring is 1. The molecule has 0 saturated heterocycles. The van der Waals surface area contributed by atoms with Gasteiger partial charge in [0, 0.05) is 34.7 Å². The van der Waals surface area contributed by atoms with Gasteiger partial charge in [0.05, 0.1) is 36.3 Å². The second-order valence-corrected chi connectivity index (χ2v) is 9.15. The zero-order chi connectivity index (χ0) is 25.5. The van der Waals surface area contributed by atoms with Crippen molar-refractivity contribution in [3.63, 3.8) is 0 Å². The lowest BCUT2D eigenvalue weighted by molar-refractivity contribution is 0.196. The average molecular weight is 517 g/mol. The highest BCUT2D eigenvalue weighted by Gasteiger charge is 2.21. The Morgan fingerprint density at radius 1 is 1.25 bits per heavy atom. The summed E-state index contributed by atoms with van der Waals surface area (Å²) in [5.41, 5.74) is 9.93. The molecule has 4 rings (SSSR count). The molecule has 10 nitrogen and oxygen atoms in total. The van der Waals surface area contributed by atoms with Crippen molar-refractivity contribution < 1.29 is 9.84 Å². The van der Waals surface area contributed by atoms with Crippen LogP contribution in [0.25, 0.3) is 16.0 Å². The minimum Gasteiger partial charge on any atom is -0.475 e.